The molecule has 0 fully saturated rings. The molecule has 1 rings (SSSR count). The highest BCUT2D eigenvalue weighted by Gasteiger charge is 2.09. The maximum absolute atomic E-state index is 10.9. The van der Waals surface area contributed by atoms with Crippen molar-refractivity contribution in [2.45, 2.75) is 33.1 Å². The third-order valence-electron chi connectivity index (χ3n) is 2.62. The van der Waals surface area contributed by atoms with Crippen LogP contribution in [0.1, 0.15) is 47.7 Å². The summed E-state index contributed by atoms with van der Waals surface area (Å²) >= 11 is 0. The summed E-state index contributed by atoms with van der Waals surface area (Å²) in [5.74, 6) is 0.472. The highest BCUT2D eigenvalue weighted by molar-refractivity contribution is 5.79. The maximum Gasteiger partial charge on any atom is 0.150 e. The fourth-order valence-electron chi connectivity index (χ4n) is 1.51. The number of hydrogen-bond donors (Lipinski definition) is 0. The molecule has 1 aromatic rings. The molecule has 0 spiro atoms. The highest BCUT2D eigenvalue weighted by atomic mass is 16.1. The molecule has 0 aliphatic rings. The normalized spacial score (nSPS) is 12.5. The van der Waals surface area contributed by atoms with E-state index < -0.39 is 0 Å². The molecule has 0 heterocycles. The molecular weight excluding hydrogens is 160 g/mol. The molecule has 0 radical (unpaired) electrons. The van der Waals surface area contributed by atoms with Crippen LogP contribution >= 0.6 is 0 Å². The molecule has 0 aliphatic carbocycles. The van der Waals surface area contributed by atoms with Gasteiger partial charge in [-0.3, -0.25) is 4.79 Å². The number of hydrogen-bond acceptors (Lipinski definition) is 1. The van der Waals surface area contributed by atoms with Crippen molar-refractivity contribution in [2.24, 2.45) is 0 Å². The molecule has 1 nitrogen and oxygen atoms in total. The molecule has 0 bridgehead atoms. The molecule has 1 atom stereocenters. The van der Waals surface area contributed by atoms with Gasteiger partial charge >= 0.3 is 0 Å². The van der Waals surface area contributed by atoms with Gasteiger partial charge in [0, 0.05) is 5.56 Å². The first-order valence-electron chi connectivity index (χ1n) is 4.75. The van der Waals surface area contributed by atoms with Crippen LogP contribution in [0.2, 0.25) is 0 Å². The van der Waals surface area contributed by atoms with Crippen molar-refractivity contribution >= 4 is 6.29 Å². The molecule has 1 aromatic carbocycles. The second kappa shape index (κ2) is 4.22. The van der Waals surface area contributed by atoms with E-state index in [1.54, 1.807) is 0 Å². The predicted octanol–water partition coefficient (Wildman–Crippen LogP) is 3.32. The molecule has 0 N–H and O–H groups in total. The lowest BCUT2D eigenvalue weighted by molar-refractivity contribution is 0.112. The van der Waals surface area contributed by atoms with Gasteiger partial charge in [-0.05, 0) is 30.4 Å². The van der Waals surface area contributed by atoms with Crippen molar-refractivity contribution < 1.29 is 4.79 Å². The lowest BCUT2D eigenvalue weighted by Gasteiger charge is -2.12. The van der Waals surface area contributed by atoms with E-state index in [-0.39, 0.29) is 0 Å². The van der Waals surface area contributed by atoms with Crippen LogP contribution in [0.15, 0.2) is 18.2 Å². The number of carbonyl (C=O) groups is 1. The van der Waals surface area contributed by atoms with Gasteiger partial charge in [-0.25, -0.2) is 0 Å². The molecule has 0 amide bonds. The van der Waals surface area contributed by atoms with Crippen molar-refractivity contribution in [1.29, 1.82) is 0 Å². The Balaban J connectivity index is 3.19. The Hall–Kier alpha value is -1.11. The molecule has 1 heteroatoms. The average molecular weight is 176 g/mol. The standard InChI is InChI=1S/C12H16O/c1-4-9(2)11-7-5-6-10(3)12(11)8-13/h5-9H,4H2,1-3H3. The van der Waals surface area contributed by atoms with Gasteiger partial charge in [0.25, 0.3) is 0 Å². The van der Waals surface area contributed by atoms with Crippen LogP contribution in [0.4, 0.5) is 0 Å². The van der Waals surface area contributed by atoms with Crippen molar-refractivity contribution in [1.82, 2.24) is 0 Å². The molecule has 0 aliphatic heterocycles. The number of rotatable bonds is 3. The quantitative estimate of drug-likeness (QED) is 0.646. The fourth-order valence-corrected chi connectivity index (χ4v) is 1.51. The number of aldehydes is 1. The minimum atomic E-state index is 0.472. The molecular formula is C12H16O. The van der Waals surface area contributed by atoms with Gasteiger partial charge in [-0.2, -0.15) is 0 Å². The zero-order valence-corrected chi connectivity index (χ0v) is 8.50. The number of aryl methyl sites for hydroxylation is 1. The Labute approximate surface area is 79.8 Å². The Kier molecular flexibility index (Phi) is 3.24. The molecule has 1 unspecified atom stereocenters. The minimum Gasteiger partial charge on any atom is -0.298 e. The summed E-state index contributed by atoms with van der Waals surface area (Å²) in [6, 6.07) is 6.05. The van der Waals surface area contributed by atoms with E-state index >= 15 is 0 Å². The Bertz CT molecular complexity index is 302. The minimum absolute atomic E-state index is 0.472. The zero-order valence-electron chi connectivity index (χ0n) is 8.50. The van der Waals surface area contributed by atoms with E-state index in [2.05, 4.69) is 13.8 Å². The van der Waals surface area contributed by atoms with E-state index in [1.807, 2.05) is 25.1 Å². The summed E-state index contributed by atoms with van der Waals surface area (Å²) in [5, 5.41) is 0. The van der Waals surface area contributed by atoms with Gasteiger partial charge < -0.3 is 0 Å². The molecule has 0 aromatic heterocycles. The van der Waals surface area contributed by atoms with Gasteiger partial charge in [0.15, 0.2) is 6.29 Å². The predicted molar refractivity (Wildman–Crippen MR) is 55.3 cm³/mol. The summed E-state index contributed by atoms with van der Waals surface area (Å²) < 4.78 is 0. The third kappa shape index (κ3) is 1.97. The summed E-state index contributed by atoms with van der Waals surface area (Å²) in [6.45, 7) is 6.28. The molecule has 0 saturated heterocycles. The van der Waals surface area contributed by atoms with Crippen LogP contribution in [-0.2, 0) is 0 Å². The summed E-state index contributed by atoms with van der Waals surface area (Å²) in [4.78, 5) is 10.9. The summed E-state index contributed by atoms with van der Waals surface area (Å²) in [5.41, 5.74) is 3.13. The first-order valence-corrected chi connectivity index (χ1v) is 4.75. The zero-order chi connectivity index (χ0) is 9.84. The van der Waals surface area contributed by atoms with E-state index in [1.165, 1.54) is 5.56 Å². The smallest absolute Gasteiger partial charge is 0.150 e. The lowest BCUT2D eigenvalue weighted by atomic mass is 9.92. The van der Waals surface area contributed by atoms with Crippen molar-refractivity contribution in [3.8, 4) is 0 Å². The Morgan fingerprint density at radius 3 is 2.69 bits per heavy atom. The second-order valence-corrected chi connectivity index (χ2v) is 3.50. The van der Waals surface area contributed by atoms with Crippen LogP contribution in [0.25, 0.3) is 0 Å². The Morgan fingerprint density at radius 2 is 2.15 bits per heavy atom. The fraction of sp³-hybridized carbons (Fsp3) is 0.417. The van der Waals surface area contributed by atoms with Crippen LogP contribution in [0.5, 0.6) is 0 Å². The van der Waals surface area contributed by atoms with Gasteiger partial charge in [-0.1, -0.05) is 32.0 Å². The van der Waals surface area contributed by atoms with Gasteiger partial charge in [-0.15, -0.1) is 0 Å². The van der Waals surface area contributed by atoms with Crippen LogP contribution in [-0.4, -0.2) is 6.29 Å². The van der Waals surface area contributed by atoms with Crippen molar-refractivity contribution in [3.63, 3.8) is 0 Å². The maximum atomic E-state index is 10.9. The Morgan fingerprint density at radius 1 is 1.46 bits per heavy atom. The van der Waals surface area contributed by atoms with Crippen LogP contribution < -0.4 is 0 Å². The van der Waals surface area contributed by atoms with Gasteiger partial charge in [0.1, 0.15) is 0 Å². The van der Waals surface area contributed by atoms with E-state index in [4.69, 9.17) is 0 Å². The lowest BCUT2D eigenvalue weighted by Crippen LogP contribution is -1.99. The number of carbonyl (C=O) groups excluding carboxylic acids is 1. The largest absolute Gasteiger partial charge is 0.298 e. The highest BCUT2D eigenvalue weighted by Crippen LogP contribution is 2.23. The average Bonchev–Trinajstić information content (AvgIpc) is 2.16. The number of benzene rings is 1. The van der Waals surface area contributed by atoms with Crippen LogP contribution in [0, 0.1) is 6.92 Å². The molecule has 13 heavy (non-hydrogen) atoms. The van der Waals surface area contributed by atoms with Gasteiger partial charge in [0.05, 0.1) is 0 Å². The second-order valence-electron chi connectivity index (χ2n) is 3.50. The van der Waals surface area contributed by atoms with Crippen molar-refractivity contribution in [2.75, 3.05) is 0 Å². The third-order valence-corrected chi connectivity index (χ3v) is 2.62. The molecule has 70 valence electrons. The summed E-state index contributed by atoms with van der Waals surface area (Å²) in [6.07, 6.45) is 2.04. The monoisotopic (exact) mass is 176 g/mol. The van der Waals surface area contributed by atoms with Gasteiger partial charge in [0.2, 0.25) is 0 Å². The van der Waals surface area contributed by atoms with E-state index in [0.29, 0.717) is 5.92 Å². The summed E-state index contributed by atoms with van der Waals surface area (Å²) in [7, 11) is 0. The first-order chi connectivity index (χ1) is 6.20. The SMILES string of the molecule is CCC(C)c1cccc(C)c1C=O. The topological polar surface area (TPSA) is 17.1 Å². The van der Waals surface area contributed by atoms with Crippen LogP contribution in [0.3, 0.4) is 0 Å². The van der Waals surface area contributed by atoms with E-state index in [0.717, 1.165) is 23.8 Å². The van der Waals surface area contributed by atoms with E-state index in [9.17, 15) is 4.79 Å². The molecule has 0 saturated carbocycles. The first kappa shape index (κ1) is 9.97. The van der Waals surface area contributed by atoms with Crippen molar-refractivity contribution in [3.05, 3.63) is 34.9 Å².